The fourth-order valence-electron chi connectivity index (χ4n) is 1.88. The number of ether oxygens (including phenoxy) is 1. The van der Waals surface area contributed by atoms with Crippen molar-refractivity contribution in [3.05, 3.63) is 23.9 Å². The molecule has 0 aliphatic heterocycles. The third kappa shape index (κ3) is 5.47. The molecule has 0 fully saturated rings. The number of nitrogens with zero attached hydrogens (tertiary/aromatic N) is 1. The van der Waals surface area contributed by atoms with Gasteiger partial charge in [-0.2, -0.15) is 0 Å². The number of nitrogen functional groups attached to an aromatic ring is 1. The third-order valence-corrected chi connectivity index (χ3v) is 2.89. The van der Waals surface area contributed by atoms with Gasteiger partial charge in [0.2, 0.25) is 0 Å². The Morgan fingerprint density at radius 3 is 2.94 bits per heavy atom. The number of nitrogens with two attached hydrogens (primary N) is 1. The predicted octanol–water partition coefficient (Wildman–Crippen LogP) is 2.00. The molecular weight excluding hydrogens is 226 g/mol. The molecule has 0 aliphatic rings. The summed E-state index contributed by atoms with van der Waals surface area (Å²) in [5.74, 6) is 0.636. The fourth-order valence-corrected chi connectivity index (χ4v) is 1.88. The van der Waals surface area contributed by atoms with E-state index in [0.717, 1.165) is 44.6 Å². The first-order valence-corrected chi connectivity index (χ1v) is 6.78. The van der Waals surface area contributed by atoms with Crippen molar-refractivity contribution in [1.82, 2.24) is 10.3 Å². The van der Waals surface area contributed by atoms with Crippen molar-refractivity contribution in [3.63, 3.8) is 0 Å². The Balaban J connectivity index is 2.51. The maximum absolute atomic E-state index is 5.88. The van der Waals surface area contributed by atoms with Crippen molar-refractivity contribution in [1.29, 1.82) is 0 Å². The zero-order valence-corrected chi connectivity index (χ0v) is 11.5. The van der Waals surface area contributed by atoms with Gasteiger partial charge in [-0.05, 0) is 44.4 Å². The van der Waals surface area contributed by atoms with E-state index in [2.05, 4.69) is 17.2 Å². The maximum Gasteiger partial charge on any atom is 0.126 e. The minimum Gasteiger partial charge on any atom is -0.383 e. The first-order valence-electron chi connectivity index (χ1n) is 6.78. The summed E-state index contributed by atoms with van der Waals surface area (Å²) < 4.78 is 5.43. The SMILES string of the molecule is CCCNC(CCOCC)Cc1cccnc1N. The summed E-state index contributed by atoms with van der Waals surface area (Å²) in [6.45, 7) is 6.78. The van der Waals surface area contributed by atoms with Crippen molar-refractivity contribution in [2.75, 3.05) is 25.5 Å². The lowest BCUT2D eigenvalue weighted by atomic mass is 10.0. The van der Waals surface area contributed by atoms with Crippen LogP contribution in [-0.4, -0.2) is 30.8 Å². The monoisotopic (exact) mass is 251 g/mol. The minimum atomic E-state index is 0.406. The summed E-state index contributed by atoms with van der Waals surface area (Å²) in [4.78, 5) is 4.13. The molecule has 0 aromatic carbocycles. The van der Waals surface area contributed by atoms with Crippen LogP contribution in [0.2, 0.25) is 0 Å². The van der Waals surface area contributed by atoms with Gasteiger partial charge in [-0.15, -0.1) is 0 Å². The Labute approximate surface area is 110 Å². The molecule has 1 atom stereocenters. The second kappa shape index (κ2) is 8.89. The number of nitrogens with one attached hydrogen (secondary N) is 1. The van der Waals surface area contributed by atoms with E-state index in [-0.39, 0.29) is 0 Å². The zero-order chi connectivity index (χ0) is 13.2. The lowest BCUT2D eigenvalue weighted by molar-refractivity contribution is 0.136. The highest BCUT2D eigenvalue weighted by molar-refractivity contribution is 5.38. The first kappa shape index (κ1) is 14.9. The van der Waals surface area contributed by atoms with E-state index < -0.39 is 0 Å². The molecule has 1 aromatic rings. The van der Waals surface area contributed by atoms with Crippen LogP contribution in [0, 0.1) is 0 Å². The van der Waals surface area contributed by atoms with E-state index in [9.17, 15) is 0 Å². The summed E-state index contributed by atoms with van der Waals surface area (Å²) in [6, 6.07) is 4.39. The molecule has 102 valence electrons. The highest BCUT2D eigenvalue weighted by Crippen LogP contribution is 2.11. The van der Waals surface area contributed by atoms with Gasteiger partial charge < -0.3 is 15.8 Å². The number of rotatable bonds is 9. The second-order valence-corrected chi connectivity index (χ2v) is 4.39. The summed E-state index contributed by atoms with van der Waals surface area (Å²) >= 11 is 0. The number of hydrogen-bond acceptors (Lipinski definition) is 4. The van der Waals surface area contributed by atoms with Crippen molar-refractivity contribution in [2.45, 2.75) is 39.2 Å². The maximum atomic E-state index is 5.88. The first-order chi connectivity index (χ1) is 8.77. The molecule has 4 nitrogen and oxygen atoms in total. The van der Waals surface area contributed by atoms with Gasteiger partial charge in [0.1, 0.15) is 5.82 Å². The second-order valence-electron chi connectivity index (χ2n) is 4.39. The van der Waals surface area contributed by atoms with E-state index in [1.807, 2.05) is 19.1 Å². The molecule has 1 heterocycles. The summed E-state index contributed by atoms with van der Waals surface area (Å²) in [7, 11) is 0. The minimum absolute atomic E-state index is 0.406. The molecule has 0 amide bonds. The van der Waals surface area contributed by atoms with E-state index in [0.29, 0.717) is 11.9 Å². The van der Waals surface area contributed by atoms with Crippen LogP contribution >= 0.6 is 0 Å². The van der Waals surface area contributed by atoms with E-state index in [1.54, 1.807) is 6.20 Å². The Hall–Kier alpha value is -1.13. The lowest BCUT2D eigenvalue weighted by Crippen LogP contribution is -2.33. The molecule has 0 saturated carbocycles. The van der Waals surface area contributed by atoms with Crippen LogP contribution < -0.4 is 11.1 Å². The molecule has 3 N–H and O–H groups in total. The summed E-state index contributed by atoms with van der Waals surface area (Å²) in [6.07, 6.45) is 4.77. The molecule has 0 bridgehead atoms. The average molecular weight is 251 g/mol. The van der Waals surface area contributed by atoms with Crippen molar-refractivity contribution < 1.29 is 4.74 Å². The van der Waals surface area contributed by atoms with Gasteiger partial charge in [-0.1, -0.05) is 13.0 Å². The zero-order valence-electron chi connectivity index (χ0n) is 11.5. The number of hydrogen-bond donors (Lipinski definition) is 2. The van der Waals surface area contributed by atoms with Gasteiger partial charge in [0.15, 0.2) is 0 Å². The van der Waals surface area contributed by atoms with Crippen LogP contribution in [0.5, 0.6) is 0 Å². The summed E-state index contributed by atoms with van der Waals surface area (Å²) in [5, 5.41) is 3.54. The molecule has 4 heteroatoms. The highest BCUT2D eigenvalue weighted by atomic mass is 16.5. The Morgan fingerprint density at radius 2 is 2.28 bits per heavy atom. The quantitative estimate of drug-likeness (QED) is 0.659. The number of aromatic nitrogens is 1. The van der Waals surface area contributed by atoms with E-state index in [1.165, 1.54) is 0 Å². The normalized spacial score (nSPS) is 12.6. The van der Waals surface area contributed by atoms with Gasteiger partial charge >= 0.3 is 0 Å². The van der Waals surface area contributed by atoms with Crippen molar-refractivity contribution >= 4 is 5.82 Å². The summed E-state index contributed by atoms with van der Waals surface area (Å²) in [5.41, 5.74) is 7.00. The lowest BCUT2D eigenvalue weighted by Gasteiger charge is -2.19. The number of pyridine rings is 1. The molecule has 1 rings (SSSR count). The topological polar surface area (TPSA) is 60.2 Å². The standard InChI is InChI=1S/C14H25N3O/c1-3-8-16-13(7-10-18-4-2)11-12-6-5-9-17-14(12)15/h5-6,9,13,16H,3-4,7-8,10-11H2,1-2H3,(H2,15,17). The largest absolute Gasteiger partial charge is 0.383 e. The molecule has 0 spiro atoms. The Morgan fingerprint density at radius 1 is 1.44 bits per heavy atom. The van der Waals surface area contributed by atoms with Crippen LogP contribution in [0.1, 0.15) is 32.3 Å². The van der Waals surface area contributed by atoms with Gasteiger partial charge in [0, 0.05) is 25.5 Å². The van der Waals surface area contributed by atoms with Crippen LogP contribution in [0.15, 0.2) is 18.3 Å². The fraction of sp³-hybridized carbons (Fsp3) is 0.643. The predicted molar refractivity (Wildman–Crippen MR) is 75.5 cm³/mol. The number of anilines is 1. The molecular formula is C14H25N3O. The van der Waals surface area contributed by atoms with Gasteiger partial charge in [-0.25, -0.2) is 4.98 Å². The molecule has 18 heavy (non-hydrogen) atoms. The highest BCUT2D eigenvalue weighted by Gasteiger charge is 2.10. The smallest absolute Gasteiger partial charge is 0.126 e. The van der Waals surface area contributed by atoms with Crippen molar-refractivity contribution in [2.24, 2.45) is 0 Å². The van der Waals surface area contributed by atoms with Crippen LogP contribution in [0.25, 0.3) is 0 Å². The Kier molecular flexibility index (Phi) is 7.37. The molecule has 0 aliphatic carbocycles. The molecule has 1 unspecified atom stereocenters. The average Bonchev–Trinajstić information content (AvgIpc) is 2.38. The molecule has 0 saturated heterocycles. The van der Waals surface area contributed by atoms with Crippen molar-refractivity contribution in [3.8, 4) is 0 Å². The van der Waals surface area contributed by atoms with Crippen LogP contribution in [0.4, 0.5) is 5.82 Å². The van der Waals surface area contributed by atoms with Gasteiger partial charge in [-0.3, -0.25) is 0 Å². The van der Waals surface area contributed by atoms with Gasteiger partial charge in [0.25, 0.3) is 0 Å². The van der Waals surface area contributed by atoms with Crippen LogP contribution in [0.3, 0.4) is 0 Å². The van der Waals surface area contributed by atoms with Gasteiger partial charge in [0.05, 0.1) is 0 Å². The molecule has 0 radical (unpaired) electrons. The molecule has 1 aromatic heterocycles. The van der Waals surface area contributed by atoms with Crippen LogP contribution in [-0.2, 0) is 11.2 Å². The van der Waals surface area contributed by atoms with E-state index >= 15 is 0 Å². The Bertz CT molecular complexity index is 331. The third-order valence-electron chi connectivity index (χ3n) is 2.89. The van der Waals surface area contributed by atoms with E-state index in [4.69, 9.17) is 10.5 Å².